The Morgan fingerprint density at radius 3 is 2.30 bits per heavy atom. The molecule has 10 heteroatoms. The second kappa shape index (κ2) is 16.1. The minimum Gasteiger partial charge on any atom is -0.508 e. The second-order valence-electron chi connectivity index (χ2n) is 15.4. The second-order valence-corrected chi connectivity index (χ2v) is 15.4. The molecule has 0 saturated heterocycles. The van der Waals surface area contributed by atoms with Crippen LogP contribution in [0.15, 0.2) is 91.0 Å². The van der Waals surface area contributed by atoms with Gasteiger partial charge >= 0.3 is 6.09 Å². The first-order valence-electron chi connectivity index (χ1n) is 19.4. The maximum absolute atomic E-state index is 14.9. The Morgan fingerprint density at radius 1 is 0.839 bits per heavy atom. The Morgan fingerprint density at radius 2 is 1.55 bits per heavy atom. The van der Waals surface area contributed by atoms with E-state index in [4.69, 9.17) is 4.74 Å². The molecule has 0 saturated carbocycles. The highest BCUT2D eigenvalue weighted by atomic mass is 16.6. The van der Waals surface area contributed by atoms with E-state index >= 15 is 0 Å². The van der Waals surface area contributed by atoms with Gasteiger partial charge in [0.05, 0.1) is 5.56 Å². The van der Waals surface area contributed by atoms with Gasteiger partial charge in [0.2, 0.25) is 0 Å². The lowest BCUT2D eigenvalue weighted by molar-refractivity contribution is 0.0658. The van der Waals surface area contributed by atoms with Crippen LogP contribution in [0.2, 0.25) is 0 Å². The van der Waals surface area contributed by atoms with Gasteiger partial charge in [0.15, 0.2) is 0 Å². The number of ether oxygens (including phenoxy) is 1. The summed E-state index contributed by atoms with van der Waals surface area (Å²) in [4.78, 5) is 49.9. The number of phenolic OH excluding ortho intramolecular Hbond substituents is 1. The van der Waals surface area contributed by atoms with Crippen LogP contribution in [0.4, 0.5) is 10.5 Å². The predicted octanol–water partition coefficient (Wildman–Crippen LogP) is 7.62. The first kappa shape index (κ1) is 38.4. The third kappa shape index (κ3) is 7.79. The maximum atomic E-state index is 14.9. The number of hydrogen-bond donors (Lipinski definition) is 1. The van der Waals surface area contributed by atoms with E-state index in [2.05, 4.69) is 30.0 Å². The fourth-order valence-corrected chi connectivity index (χ4v) is 7.96. The van der Waals surface area contributed by atoms with Crippen LogP contribution in [0, 0.1) is 6.92 Å². The normalized spacial score (nSPS) is 15.0. The molecule has 1 atom stereocenters. The number of anilines is 1. The number of rotatable bonds is 9. The molecule has 0 radical (unpaired) electrons. The van der Waals surface area contributed by atoms with Crippen molar-refractivity contribution in [2.45, 2.75) is 58.7 Å². The van der Waals surface area contributed by atoms with E-state index in [-0.39, 0.29) is 23.6 Å². The quantitative estimate of drug-likeness (QED) is 0.166. The van der Waals surface area contributed by atoms with Gasteiger partial charge in [0.1, 0.15) is 11.5 Å². The molecule has 56 heavy (non-hydrogen) atoms. The molecule has 1 N–H and O–H groups in total. The van der Waals surface area contributed by atoms with Crippen LogP contribution in [0.1, 0.15) is 67.6 Å². The van der Waals surface area contributed by atoms with Crippen molar-refractivity contribution in [3.05, 3.63) is 136 Å². The fraction of sp³-hybridized carbons (Fsp3) is 0.326. The number of amides is 3. The van der Waals surface area contributed by atoms with Crippen molar-refractivity contribution in [3.8, 4) is 22.8 Å². The molecule has 10 nitrogen and oxygen atoms in total. The lowest BCUT2D eigenvalue weighted by Gasteiger charge is -2.36. The van der Waals surface area contributed by atoms with Gasteiger partial charge < -0.3 is 34.0 Å². The Labute approximate surface area is 329 Å². The smallest absolute Gasteiger partial charge is 0.415 e. The molecule has 2 aliphatic heterocycles. The predicted molar refractivity (Wildman–Crippen MR) is 219 cm³/mol. The van der Waals surface area contributed by atoms with Gasteiger partial charge in [-0.3, -0.25) is 9.59 Å². The van der Waals surface area contributed by atoms with Gasteiger partial charge in [-0.2, -0.15) is 0 Å². The molecule has 0 spiro atoms. The van der Waals surface area contributed by atoms with Gasteiger partial charge in [0.25, 0.3) is 11.8 Å². The number of nitrogens with zero attached hydrogens (tertiary/aromatic N) is 5. The maximum Gasteiger partial charge on any atom is 0.415 e. The van der Waals surface area contributed by atoms with Crippen LogP contribution in [-0.4, -0.2) is 82.6 Å². The van der Waals surface area contributed by atoms with Crippen molar-refractivity contribution in [2.24, 2.45) is 7.05 Å². The summed E-state index contributed by atoms with van der Waals surface area (Å²) in [5.41, 5.74) is 9.31. The number of hydrogen-bond acceptors (Lipinski definition) is 6. The molecule has 1 aromatic heterocycles. The first-order chi connectivity index (χ1) is 26.9. The first-order valence-corrected chi connectivity index (χ1v) is 19.4. The van der Waals surface area contributed by atoms with Crippen LogP contribution in [0.3, 0.4) is 0 Å². The number of carbonyl (C=O) groups excluding carboxylic acids is 3. The van der Waals surface area contributed by atoms with Crippen LogP contribution in [-0.2, 0) is 39.4 Å². The van der Waals surface area contributed by atoms with Crippen LogP contribution < -0.4 is 9.64 Å². The summed E-state index contributed by atoms with van der Waals surface area (Å²) >= 11 is 0. The van der Waals surface area contributed by atoms with Gasteiger partial charge in [-0.05, 0) is 137 Å². The molecule has 0 fully saturated rings. The number of aromatic hydroxyl groups is 1. The number of phenols is 1. The highest BCUT2D eigenvalue weighted by Crippen LogP contribution is 2.36. The summed E-state index contributed by atoms with van der Waals surface area (Å²) in [6.07, 6.45) is 2.68. The molecule has 2 aliphatic rings. The van der Waals surface area contributed by atoms with Crippen LogP contribution in [0.25, 0.3) is 11.3 Å². The lowest BCUT2D eigenvalue weighted by atomic mass is 9.90. The zero-order valence-corrected chi connectivity index (χ0v) is 33.2. The largest absolute Gasteiger partial charge is 0.508 e. The topological polar surface area (TPSA) is 98.6 Å². The zero-order valence-electron chi connectivity index (χ0n) is 33.2. The fourth-order valence-electron chi connectivity index (χ4n) is 7.96. The molecule has 0 aliphatic carbocycles. The summed E-state index contributed by atoms with van der Waals surface area (Å²) in [5.74, 6) is 0.410. The van der Waals surface area contributed by atoms with E-state index in [0.29, 0.717) is 48.6 Å². The highest BCUT2D eigenvalue weighted by molar-refractivity contribution is 6.08. The molecule has 7 rings (SSSR count). The van der Waals surface area contributed by atoms with E-state index in [9.17, 15) is 19.5 Å². The SMILES string of the molecule is Cc1c(C(=O)N(C)c2ccc(O)cc2)cc(-c2cc3c(cc2C(=O)N2Cc4ccccc4C[C@H]2C)CN(C(=O)Oc2ccccc2CCCN(C)C)CC3)n1C. The number of para-hydroxylation sites is 1. The molecule has 3 amide bonds. The third-order valence-corrected chi connectivity index (χ3v) is 11.4. The molecule has 0 bridgehead atoms. The van der Waals surface area contributed by atoms with Gasteiger partial charge in [-0.1, -0.05) is 42.5 Å². The summed E-state index contributed by atoms with van der Waals surface area (Å²) in [7, 11) is 7.73. The molecular weight excluding hydrogens is 703 g/mol. The highest BCUT2D eigenvalue weighted by Gasteiger charge is 2.33. The van der Waals surface area contributed by atoms with E-state index in [1.54, 1.807) is 41.1 Å². The van der Waals surface area contributed by atoms with E-state index in [1.807, 2.05) is 86.1 Å². The number of benzene rings is 4. The Hall–Kier alpha value is -5.87. The molecular formula is C46H51N5O5. The van der Waals surface area contributed by atoms with Gasteiger partial charge in [-0.15, -0.1) is 0 Å². The summed E-state index contributed by atoms with van der Waals surface area (Å²) < 4.78 is 8.01. The summed E-state index contributed by atoms with van der Waals surface area (Å²) in [6.45, 7) is 6.21. The molecule has 0 unspecified atom stereocenters. The van der Waals surface area contributed by atoms with Crippen molar-refractivity contribution >= 4 is 23.6 Å². The number of aromatic nitrogens is 1. The Balaban J connectivity index is 1.23. The van der Waals surface area contributed by atoms with Gasteiger partial charge in [-0.25, -0.2) is 4.79 Å². The number of fused-ring (bicyclic) bond motifs is 2. The minimum absolute atomic E-state index is 0.0307. The average Bonchev–Trinajstić information content (AvgIpc) is 3.49. The zero-order chi connectivity index (χ0) is 39.7. The van der Waals surface area contributed by atoms with Crippen molar-refractivity contribution in [3.63, 3.8) is 0 Å². The molecule has 5 aromatic rings. The third-order valence-electron chi connectivity index (χ3n) is 11.4. The average molecular weight is 754 g/mol. The molecule has 290 valence electrons. The van der Waals surface area contributed by atoms with Crippen molar-refractivity contribution in [1.29, 1.82) is 0 Å². The standard InChI is InChI=1S/C46H51N5O5/c1-30-24-33-13-7-8-14-35(33)29-51(30)45(54)41-26-36-28-50(46(55)56-43-16-10-9-12-32(43)15-11-22-47(3)4)23-21-34(36)25-40(41)42-27-39(31(2)48(42)5)44(53)49(6)37-17-19-38(52)20-18-37/h7-10,12-14,16-20,25-27,30,52H,11,15,21-24,28-29H2,1-6H3/t30-/m1/s1. The van der Waals surface area contributed by atoms with E-state index in [0.717, 1.165) is 65.0 Å². The van der Waals surface area contributed by atoms with Crippen LogP contribution >= 0.6 is 0 Å². The van der Waals surface area contributed by atoms with E-state index in [1.165, 1.54) is 5.56 Å². The Kier molecular flexibility index (Phi) is 11.0. The Bertz CT molecular complexity index is 2280. The van der Waals surface area contributed by atoms with E-state index < -0.39 is 6.09 Å². The molecule has 4 aromatic carbocycles. The van der Waals surface area contributed by atoms with Crippen molar-refractivity contribution < 1.29 is 24.2 Å². The molecule has 3 heterocycles. The summed E-state index contributed by atoms with van der Waals surface area (Å²) in [5, 5.41) is 9.80. The van der Waals surface area contributed by atoms with Gasteiger partial charge in [0, 0.05) is 68.0 Å². The van der Waals surface area contributed by atoms with Crippen LogP contribution in [0.5, 0.6) is 11.5 Å². The van der Waals surface area contributed by atoms with Crippen molar-refractivity contribution in [2.75, 3.05) is 39.1 Å². The number of aryl methyl sites for hydroxylation is 1. The van der Waals surface area contributed by atoms with Crippen molar-refractivity contribution in [1.82, 2.24) is 19.3 Å². The summed E-state index contributed by atoms with van der Waals surface area (Å²) in [6, 6.07) is 28.4. The lowest BCUT2D eigenvalue weighted by Crippen LogP contribution is -2.43. The minimum atomic E-state index is -0.409. The number of carbonyl (C=O) groups is 3. The monoisotopic (exact) mass is 753 g/mol.